The molecule has 1 aliphatic carbocycles. The second-order valence-electron chi connectivity index (χ2n) is 6.25. The Bertz CT molecular complexity index is 570. The molecular formula is C18H24N2S. The van der Waals surface area contributed by atoms with Crippen LogP contribution in [-0.4, -0.2) is 17.6 Å². The molecule has 0 atom stereocenters. The summed E-state index contributed by atoms with van der Waals surface area (Å²) < 4.78 is 0. The largest absolute Gasteiger partial charge is 0.314 e. The van der Waals surface area contributed by atoms with Gasteiger partial charge in [-0.1, -0.05) is 44.2 Å². The van der Waals surface area contributed by atoms with Crippen molar-refractivity contribution in [3.63, 3.8) is 0 Å². The van der Waals surface area contributed by atoms with Gasteiger partial charge in [0.1, 0.15) is 0 Å². The highest BCUT2D eigenvalue weighted by molar-refractivity contribution is 7.12. The lowest BCUT2D eigenvalue weighted by Gasteiger charge is -2.07. The molecular weight excluding hydrogens is 276 g/mol. The van der Waals surface area contributed by atoms with Crippen molar-refractivity contribution in [3.8, 4) is 11.3 Å². The zero-order valence-corrected chi connectivity index (χ0v) is 13.7. The molecule has 0 radical (unpaired) electrons. The number of benzene rings is 1. The number of nitrogens with zero attached hydrogens (tertiary/aromatic N) is 1. The number of hydrogen-bond donors (Lipinski definition) is 1. The zero-order valence-electron chi connectivity index (χ0n) is 12.9. The fraction of sp³-hybridized carbons (Fsp3) is 0.500. The van der Waals surface area contributed by atoms with Crippen LogP contribution in [0.2, 0.25) is 0 Å². The molecule has 0 saturated heterocycles. The molecule has 2 aromatic rings. The molecule has 1 fully saturated rings. The third kappa shape index (κ3) is 4.14. The summed E-state index contributed by atoms with van der Waals surface area (Å²) in [4.78, 5) is 6.38. The van der Waals surface area contributed by atoms with Gasteiger partial charge in [-0.2, -0.15) is 0 Å². The van der Waals surface area contributed by atoms with Gasteiger partial charge in [0.05, 0.1) is 10.7 Å². The molecule has 1 aromatic carbocycles. The predicted octanol–water partition coefficient (Wildman–Crippen LogP) is 4.30. The van der Waals surface area contributed by atoms with Crippen molar-refractivity contribution in [1.29, 1.82) is 0 Å². The SMILES string of the molecule is CC(C)NCCc1sc(CC2CC2)nc1-c1ccccc1. The Balaban J connectivity index is 1.79. The minimum Gasteiger partial charge on any atom is -0.314 e. The highest BCUT2D eigenvalue weighted by Crippen LogP contribution is 2.36. The summed E-state index contributed by atoms with van der Waals surface area (Å²) in [6.45, 7) is 5.43. The molecule has 1 saturated carbocycles. The van der Waals surface area contributed by atoms with E-state index in [0.29, 0.717) is 6.04 Å². The topological polar surface area (TPSA) is 24.9 Å². The van der Waals surface area contributed by atoms with Crippen molar-refractivity contribution >= 4 is 11.3 Å². The maximum absolute atomic E-state index is 4.95. The molecule has 1 N–H and O–H groups in total. The van der Waals surface area contributed by atoms with Crippen LogP contribution in [0.5, 0.6) is 0 Å². The summed E-state index contributed by atoms with van der Waals surface area (Å²) in [5.41, 5.74) is 2.47. The van der Waals surface area contributed by atoms with Gasteiger partial charge in [-0.15, -0.1) is 11.3 Å². The van der Waals surface area contributed by atoms with Crippen LogP contribution in [0.15, 0.2) is 30.3 Å². The average molecular weight is 300 g/mol. The molecule has 0 spiro atoms. The Labute approximate surface area is 131 Å². The second-order valence-corrected chi connectivity index (χ2v) is 7.42. The van der Waals surface area contributed by atoms with Gasteiger partial charge >= 0.3 is 0 Å². The van der Waals surface area contributed by atoms with E-state index in [9.17, 15) is 0 Å². The van der Waals surface area contributed by atoms with Crippen LogP contribution < -0.4 is 5.32 Å². The lowest BCUT2D eigenvalue weighted by atomic mass is 10.1. The Morgan fingerprint density at radius 1 is 1.24 bits per heavy atom. The van der Waals surface area contributed by atoms with Crippen molar-refractivity contribution in [2.45, 2.75) is 45.6 Å². The lowest BCUT2D eigenvalue weighted by Crippen LogP contribution is -2.24. The van der Waals surface area contributed by atoms with Crippen molar-refractivity contribution in [3.05, 3.63) is 40.2 Å². The third-order valence-corrected chi connectivity index (χ3v) is 4.99. The Kier molecular flexibility index (Phi) is 4.71. The van der Waals surface area contributed by atoms with Crippen molar-refractivity contribution in [2.24, 2.45) is 5.92 Å². The summed E-state index contributed by atoms with van der Waals surface area (Å²) in [5.74, 6) is 0.904. The summed E-state index contributed by atoms with van der Waals surface area (Å²) in [5, 5.41) is 4.84. The maximum atomic E-state index is 4.95. The molecule has 1 aromatic heterocycles. The van der Waals surface area contributed by atoms with Crippen LogP contribution in [0.1, 0.15) is 36.6 Å². The van der Waals surface area contributed by atoms with Gasteiger partial charge in [-0.25, -0.2) is 4.98 Å². The normalized spacial score (nSPS) is 14.8. The van der Waals surface area contributed by atoms with E-state index in [-0.39, 0.29) is 0 Å². The van der Waals surface area contributed by atoms with Gasteiger partial charge in [0.25, 0.3) is 0 Å². The Morgan fingerprint density at radius 2 is 2.00 bits per heavy atom. The fourth-order valence-electron chi connectivity index (χ4n) is 2.52. The number of hydrogen-bond acceptors (Lipinski definition) is 3. The van der Waals surface area contributed by atoms with Gasteiger partial charge < -0.3 is 5.32 Å². The minimum atomic E-state index is 0.545. The van der Waals surface area contributed by atoms with Gasteiger partial charge in [0.15, 0.2) is 0 Å². The highest BCUT2D eigenvalue weighted by Gasteiger charge is 2.24. The smallest absolute Gasteiger partial charge is 0.0938 e. The van der Waals surface area contributed by atoms with E-state index in [4.69, 9.17) is 4.98 Å². The summed E-state index contributed by atoms with van der Waals surface area (Å²) >= 11 is 1.92. The van der Waals surface area contributed by atoms with E-state index in [2.05, 4.69) is 49.5 Å². The van der Waals surface area contributed by atoms with Crippen molar-refractivity contribution in [2.75, 3.05) is 6.54 Å². The first-order valence-corrected chi connectivity index (χ1v) is 8.81. The van der Waals surface area contributed by atoms with E-state index < -0.39 is 0 Å². The molecule has 1 aliphatic rings. The molecule has 0 amide bonds. The highest BCUT2D eigenvalue weighted by atomic mass is 32.1. The van der Waals surface area contributed by atoms with Crippen LogP contribution in [0.25, 0.3) is 11.3 Å². The monoisotopic (exact) mass is 300 g/mol. The minimum absolute atomic E-state index is 0.545. The van der Waals surface area contributed by atoms with Gasteiger partial charge in [0.2, 0.25) is 0 Å². The maximum Gasteiger partial charge on any atom is 0.0938 e. The van der Waals surface area contributed by atoms with Crippen LogP contribution in [0.3, 0.4) is 0 Å². The van der Waals surface area contributed by atoms with Crippen LogP contribution >= 0.6 is 11.3 Å². The number of nitrogens with one attached hydrogen (secondary N) is 1. The number of aromatic nitrogens is 1. The number of rotatable bonds is 7. The Morgan fingerprint density at radius 3 is 2.67 bits per heavy atom. The predicted molar refractivity (Wildman–Crippen MR) is 90.8 cm³/mol. The van der Waals surface area contributed by atoms with Gasteiger partial charge in [-0.3, -0.25) is 0 Å². The molecule has 0 aliphatic heterocycles. The van der Waals surface area contributed by atoms with E-state index in [0.717, 1.165) is 18.9 Å². The molecule has 3 rings (SSSR count). The second kappa shape index (κ2) is 6.71. The molecule has 2 nitrogen and oxygen atoms in total. The van der Waals surface area contributed by atoms with Crippen LogP contribution in [-0.2, 0) is 12.8 Å². The summed E-state index contributed by atoms with van der Waals surface area (Å²) in [6.07, 6.45) is 5.04. The van der Waals surface area contributed by atoms with Gasteiger partial charge in [-0.05, 0) is 25.2 Å². The molecule has 112 valence electrons. The van der Waals surface area contributed by atoms with Crippen LogP contribution in [0, 0.1) is 5.92 Å². The fourth-order valence-corrected chi connectivity index (χ4v) is 3.73. The summed E-state index contributed by atoms with van der Waals surface area (Å²) in [6, 6.07) is 11.2. The quantitative estimate of drug-likeness (QED) is 0.824. The van der Waals surface area contributed by atoms with Crippen molar-refractivity contribution in [1.82, 2.24) is 10.3 Å². The molecule has 3 heteroatoms. The molecule has 21 heavy (non-hydrogen) atoms. The standard InChI is InChI=1S/C18H24N2S/c1-13(2)19-11-10-16-18(15-6-4-3-5-7-15)20-17(21-16)12-14-8-9-14/h3-7,13-14,19H,8-12H2,1-2H3. The molecule has 0 unspecified atom stereocenters. The van der Waals surface area contributed by atoms with E-state index in [1.54, 1.807) is 0 Å². The zero-order chi connectivity index (χ0) is 14.7. The van der Waals surface area contributed by atoms with Gasteiger partial charge in [0, 0.05) is 29.4 Å². The Hall–Kier alpha value is -1.19. The van der Waals surface area contributed by atoms with E-state index >= 15 is 0 Å². The van der Waals surface area contributed by atoms with Crippen molar-refractivity contribution < 1.29 is 0 Å². The third-order valence-electron chi connectivity index (χ3n) is 3.85. The first-order chi connectivity index (χ1) is 10.2. The first kappa shape index (κ1) is 14.7. The lowest BCUT2D eigenvalue weighted by molar-refractivity contribution is 0.592. The molecule has 0 bridgehead atoms. The summed E-state index contributed by atoms with van der Waals surface area (Å²) in [7, 11) is 0. The average Bonchev–Trinajstić information content (AvgIpc) is 3.19. The first-order valence-electron chi connectivity index (χ1n) is 7.99. The van der Waals surface area contributed by atoms with E-state index in [1.807, 2.05) is 11.3 Å². The van der Waals surface area contributed by atoms with E-state index in [1.165, 1.54) is 40.4 Å². The molecule has 1 heterocycles. The number of thiazole rings is 1. The van der Waals surface area contributed by atoms with Crippen LogP contribution in [0.4, 0.5) is 0 Å².